The summed E-state index contributed by atoms with van der Waals surface area (Å²) in [6.07, 6.45) is 4.53. The number of amides is 1. The van der Waals surface area contributed by atoms with Gasteiger partial charge in [-0.1, -0.05) is 0 Å². The fourth-order valence-corrected chi connectivity index (χ4v) is 1.68. The second-order valence-electron chi connectivity index (χ2n) is 3.84. The molecule has 0 spiro atoms. The van der Waals surface area contributed by atoms with Gasteiger partial charge in [0.05, 0.1) is 5.56 Å². The lowest BCUT2D eigenvalue weighted by Gasteiger charge is -2.34. The van der Waals surface area contributed by atoms with Crippen LogP contribution in [0, 0.1) is 5.95 Å². The van der Waals surface area contributed by atoms with Gasteiger partial charge in [0.1, 0.15) is 0 Å². The molecule has 0 aliphatic heterocycles. The van der Waals surface area contributed by atoms with E-state index >= 15 is 0 Å². The Morgan fingerprint density at radius 3 is 2.87 bits per heavy atom. The summed E-state index contributed by atoms with van der Waals surface area (Å²) in [5, 5.41) is 0. The van der Waals surface area contributed by atoms with E-state index in [0.29, 0.717) is 0 Å². The molecule has 1 heterocycles. The Hall–Kier alpha value is -1.45. The molecule has 1 fully saturated rings. The largest absolute Gasteiger partial charge is 0.339 e. The first-order valence-electron chi connectivity index (χ1n) is 5.08. The van der Waals surface area contributed by atoms with E-state index in [1.54, 1.807) is 18.0 Å². The van der Waals surface area contributed by atoms with Crippen LogP contribution in [-0.4, -0.2) is 28.9 Å². The topological polar surface area (TPSA) is 33.2 Å². The van der Waals surface area contributed by atoms with E-state index in [1.165, 1.54) is 12.3 Å². The summed E-state index contributed by atoms with van der Waals surface area (Å²) in [5.74, 6) is -0.959. The zero-order chi connectivity index (χ0) is 10.8. The lowest BCUT2D eigenvalue weighted by Crippen LogP contribution is -2.41. The fourth-order valence-electron chi connectivity index (χ4n) is 1.68. The summed E-state index contributed by atoms with van der Waals surface area (Å²) in [4.78, 5) is 16.9. The zero-order valence-electron chi connectivity index (χ0n) is 8.61. The molecule has 2 rings (SSSR count). The smallest absolute Gasteiger partial charge is 0.258 e. The Kier molecular flexibility index (Phi) is 2.66. The minimum Gasteiger partial charge on any atom is -0.339 e. The van der Waals surface area contributed by atoms with Gasteiger partial charge in [0.2, 0.25) is 5.95 Å². The maximum absolute atomic E-state index is 13.2. The van der Waals surface area contributed by atoms with Crippen molar-refractivity contribution in [3.05, 3.63) is 29.8 Å². The minimum absolute atomic E-state index is 0.0619. The van der Waals surface area contributed by atoms with E-state index in [9.17, 15) is 9.18 Å². The van der Waals surface area contributed by atoms with Crippen molar-refractivity contribution in [2.24, 2.45) is 0 Å². The molecule has 0 unspecified atom stereocenters. The fraction of sp³-hybridized carbons (Fsp3) is 0.455. The molecule has 1 aliphatic carbocycles. The average Bonchev–Trinajstić information content (AvgIpc) is 2.15. The van der Waals surface area contributed by atoms with Crippen molar-refractivity contribution < 1.29 is 9.18 Å². The molecule has 15 heavy (non-hydrogen) atoms. The molecule has 0 saturated heterocycles. The normalized spacial score (nSPS) is 15.9. The summed E-state index contributed by atoms with van der Waals surface area (Å²) < 4.78 is 13.2. The van der Waals surface area contributed by atoms with Crippen LogP contribution in [0.4, 0.5) is 4.39 Å². The first kappa shape index (κ1) is 10.1. The van der Waals surface area contributed by atoms with Gasteiger partial charge in [-0.25, -0.2) is 4.98 Å². The van der Waals surface area contributed by atoms with Gasteiger partial charge in [-0.05, 0) is 31.4 Å². The van der Waals surface area contributed by atoms with Crippen LogP contribution < -0.4 is 0 Å². The van der Waals surface area contributed by atoms with Crippen LogP contribution in [-0.2, 0) is 0 Å². The number of hydrogen-bond acceptors (Lipinski definition) is 2. The van der Waals surface area contributed by atoms with Crippen molar-refractivity contribution >= 4 is 5.91 Å². The number of halogens is 1. The molecule has 0 atom stereocenters. The van der Waals surface area contributed by atoms with Gasteiger partial charge in [0.25, 0.3) is 5.91 Å². The van der Waals surface area contributed by atoms with Crippen molar-refractivity contribution in [3.63, 3.8) is 0 Å². The Balaban J connectivity index is 2.16. The SMILES string of the molecule is CN(C(=O)c1cccnc1F)C1CCC1. The maximum atomic E-state index is 13.2. The number of aromatic nitrogens is 1. The standard InChI is InChI=1S/C11H13FN2O/c1-14(8-4-2-5-8)11(15)9-6-3-7-13-10(9)12/h3,6-8H,2,4-5H2,1H3. The number of hydrogen-bond donors (Lipinski definition) is 0. The Bertz CT molecular complexity index is 377. The molecular weight excluding hydrogens is 195 g/mol. The van der Waals surface area contributed by atoms with Gasteiger partial charge < -0.3 is 4.90 Å². The van der Waals surface area contributed by atoms with E-state index < -0.39 is 5.95 Å². The van der Waals surface area contributed by atoms with Crippen LogP contribution in [0.15, 0.2) is 18.3 Å². The monoisotopic (exact) mass is 208 g/mol. The van der Waals surface area contributed by atoms with Gasteiger partial charge in [0.15, 0.2) is 0 Å². The number of carbonyl (C=O) groups excluding carboxylic acids is 1. The Morgan fingerprint density at radius 1 is 1.60 bits per heavy atom. The Morgan fingerprint density at radius 2 is 2.33 bits per heavy atom. The molecule has 1 aliphatic rings. The highest BCUT2D eigenvalue weighted by Crippen LogP contribution is 2.24. The predicted octanol–water partition coefficient (Wildman–Crippen LogP) is 1.85. The van der Waals surface area contributed by atoms with Crippen LogP contribution in [0.1, 0.15) is 29.6 Å². The second kappa shape index (κ2) is 3.96. The number of rotatable bonds is 2. The molecule has 1 aromatic heterocycles. The zero-order valence-corrected chi connectivity index (χ0v) is 8.61. The van der Waals surface area contributed by atoms with Crippen molar-refractivity contribution in [1.29, 1.82) is 0 Å². The molecular formula is C11H13FN2O. The summed E-state index contributed by atoms with van der Waals surface area (Å²) in [6, 6.07) is 3.32. The average molecular weight is 208 g/mol. The molecule has 1 saturated carbocycles. The molecule has 1 aromatic rings. The van der Waals surface area contributed by atoms with Gasteiger partial charge in [0, 0.05) is 19.3 Å². The molecule has 0 bridgehead atoms. The van der Waals surface area contributed by atoms with Crippen LogP contribution in [0.5, 0.6) is 0 Å². The van der Waals surface area contributed by atoms with Gasteiger partial charge in [-0.15, -0.1) is 0 Å². The maximum Gasteiger partial charge on any atom is 0.258 e. The molecule has 4 heteroatoms. The minimum atomic E-state index is -0.686. The Labute approximate surface area is 87.9 Å². The third-order valence-corrected chi connectivity index (χ3v) is 2.93. The summed E-state index contributed by atoms with van der Waals surface area (Å²) in [6.45, 7) is 0. The predicted molar refractivity (Wildman–Crippen MR) is 53.9 cm³/mol. The first-order chi connectivity index (χ1) is 7.20. The number of nitrogens with zero attached hydrogens (tertiary/aromatic N) is 2. The molecule has 3 nitrogen and oxygen atoms in total. The quantitative estimate of drug-likeness (QED) is 0.695. The van der Waals surface area contributed by atoms with Crippen LogP contribution in [0.3, 0.4) is 0 Å². The van der Waals surface area contributed by atoms with Crippen molar-refractivity contribution in [2.75, 3.05) is 7.05 Å². The van der Waals surface area contributed by atoms with Crippen LogP contribution in [0.25, 0.3) is 0 Å². The highest BCUT2D eigenvalue weighted by Gasteiger charge is 2.27. The summed E-state index contributed by atoms with van der Waals surface area (Å²) >= 11 is 0. The highest BCUT2D eigenvalue weighted by atomic mass is 19.1. The van der Waals surface area contributed by atoms with E-state index in [4.69, 9.17) is 0 Å². The summed E-state index contributed by atoms with van der Waals surface area (Å²) in [7, 11) is 1.72. The van der Waals surface area contributed by atoms with Crippen LogP contribution >= 0.6 is 0 Å². The van der Waals surface area contributed by atoms with E-state index in [2.05, 4.69) is 4.98 Å². The molecule has 80 valence electrons. The molecule has 0 aromatic carbocycles. The molecule has 0 N–H and O–H groups in total. The van der Waals surface area contributed by atoms with Crippen molar-refractivity contribution in [2.45, 2.75) is 25.3 Å². The first-order valence-corrected chi connectivity index (χ1v) is 5.08. The van der Waals surface area contributed by atoms with Gasteiger partial charge in [-0.3, -0.25) is 4.79 Å². The highest BCUT2D eigenvalue weighted by molar-refractivity contribution is 5.94. The number of pyridine rings is 1. The molecule has 1 amide bonds. The lowest BCUT2D eigenvalue weighted by atomic mass is 9.91. The van der Waals surface area contributed by atoms with Crippen molar-refractivity contribution in [1.82, 2.24) is 9.88 Å². The lowest BCUT2D eigenvalue weighted by molar-refractivity contribution is 0.0646. The molecule has 0 radical (unpaired) electrons. The number of carbonyl (C=O) groups is 1. The third-order valence-electron chi connectivity index (χ3n) is 2.93. The summed E-state index contributed by atoms with van der Waals surface area (Å²) in [5.41, 5.74) is 0.0619. The van der Waals surface area contributed by atoms with Crippen LogP contribution in [0.2, 0.25) is 0 Å². The van der Waals surface area contributed by atoms with Gasteiger partial charge >= 0.3 is 0 Å². The van der Waals surface area contributed by atoms with E-state index in [1.807, 2.05) is 0 Å². The third kappa shape index (κ3) is 1.84. The van der Waals surface area contributed by atoms with E-state index in [-0.39, 0.29) is 17.5 Å². The van der Waals surface area contributed by atoms with Gasteiger partial charge in [-0.2, -0.15) is 4.39 Å². The second-order valence-corrected chi connectivity index (χ2v) is 3.84. The van der Waals surface area contributed by atoms with E-state index in [0.717, 1.165) is 19.3 Å². The van der Waals surface area contributed by atoms with Crippen molar-refractivity contribution in [3.8, 4) is 0 Å².